The van der Waals surface area contributed by atoms with Crippen LogP contribution in [0.1, 0.15) is 36.0 Å². The number of nitrogens with one attached hydrogen (secondary N) is 1. The number of piperidine rings is 1. The Morgan fingerprint density at radius 2 is 2.14 bits per heavy atom. The smallest absolute Gasteiger partial charge is 0.320 e. The fourth-order valence-corrected chi connectivity index (χ4v) is 4.36. The zero-order valence-corrected chi connectivity index (χ0v) is 16.2. The number of aromatic hydroxyl groups is 1. The summed E-state index contributed by atoms with van der Waals surface area (Å²) in [6.07, 6.45) is 3.25. The van der Waals surface area contributed by atoms with Gasteiger partial charge in [-0.3, -0.25) is 4.79 Å². The summed E-state index contributed by atoms with van der Waals surface area (Å²) in [4.78, 5) is 13.4. The summed E-state index contributed by atoms with van der Waals surface area (Å²) in [5.41, 5.74) is 3.45. The lowest BCUT2D eigenvalue weighted by Gasteiger charge is -2.40. The van der Waals surface area contributed by atoms with E-state index in [1.807, 2.05) is 19.1 Å². The number of carboxylic acids is 1. The van der Waals surface area contributed by atoms with Gasteiger partial charge in [-0.05, 0) is 61.9 Å². The van der Waals surface area contributed by atoms with Crippen molar-refractivity contribution >= 4 is 11.8 Å². The van der Waals surface area contributed by atoms with Gasteiger partial charge in [0.1, 0.15) is 11.8 Å². The van der Waals surface area contributed by atoms with Crippen molar-refractivity contribution in [2.24, 2.45) is 0 Å². The van der Waals surface area contributed by atoms with Gasteiger partial charge in [-0.15, -0.1) is 10.2 Å². The highest BCUT2D eigenvalue weighted by molar-refractivity contribution is 5.74. The first kappa shape index (κ1) is 19.2. The number of aromatic nitrogens is 2. The molecular weight excluding hydrogens is 370 g/mol. The topological polar surface area (TPSA) is 122 Å². The van der Waals surface area contributed by atoms with E-state index in [0.29, 0.717) is 29.8 Å². The molecule has 2 aromatic rings. The fourth-order valence-electron chi connectivity index (χ4n) is 4.36. The third-order valence-electron chi connectivity index (χ3n) is 5.80. The second-order valence-corrected chi connectivity index (χ2v) is 7.70. The van der Waals surface area contributed by atoms with Gasteiger partial charge in [-0.1, -0.05) is 0 Å². The predicted molar refractivity (Wildman–Crippen MR) is 107 cm³/mol. The molecule has 29 heavy (non-hydrogen) atoms. The molecule has 4 rings (SSSR count). The van der Waals surface area contributed by atoms with Crippen LogP contribution in [-0.2, 0) is 11.2 Å². The molecule has 3 N–H and O–H groups in total. The molecule has 2 aliphatic heterocycles. The number of benzene rings is 1. The number of hydrogen-bond donors (Lipinski definition) is 3. The standard InChI is InChI=1S/C21H23N5O3/c1-12-7-13(10-22)8-18(27)19(12)17-9-14-3-2-6-26(20(14)25-24-17)15-4-5-16(21(28)29)23-11-15/h7-9,15-16,23,27H,2-6,11H2,1H3,(H,28,29)/t15-,16+/m1/s1. The predicted octanol–water partition coefficient (Wildman–Crippen LogP) is 1.99. The van der Waals surface area contributed by atoms with Crippen molar-refractivity contribution in [1.29, 1.82) is 5.26 Å². The Morgan fingerprint density at radius 3 is 2.79 bits per heavy atom. The number of fused-ring (bicyclic) bond motifs is 1. The van der Waals surface area contributed by atoms with Crippen LogP contribution in [0, 0.1) is 18.3 Å². The van der Waals surface area contributed by atoms with Crippen LogP contribution in [-0.4, -0.2) is 51.6 Å². The minimum absolute atomic E-state index is 0.0275. The van der Waals surface area contributed by atoms with Crippen molar-refractivity contribution in [2.75, 3.05) is 18.0 Å². The highest BCUT2D eigenvalue weighted by Gasteiger charge is 2.32. The van der Waals surface area contributed by atoms with Crippen LogP contribution in [0.5, 0.6) is 5.75 Å². The Morgan fingerprint density at radius 1 is 1.31 bits per heavy atom. The third kappa shape index (κ3) is 3.61. The molecule has 0 saturated carbocycles. The Hall–Kier alpha value is -3.18. The number of nitriles is 1. The van der Waals surface area contributed by atoms with E-state index < -0.39 is 12.0 Å². The molecule has 2 atom stereocenters. The number of carboxylic acid groups (broad SMARTS) is 1. The van der Waals surface area contributed by atoms with E-state index in [2.05, 4.69) is 20.4 Å². The number of hydrogen-bond acceptors (Lipinski definition) is 7. The number of rotatable bonds is 3. The normalized spacial score (nSPS) is 21.3. The van der Waals surface area contributed by atoms with Gasteiger partial charge in [0.15, 0.2) is 5.82 Å². The molecule has 3 heterocycles. The third-order valence-corrected chi connectivity index (χ3v) is 5.80. The average molecular weight is 393 g/mol. The van der Waals surface area contributed by atoms with E-state index in [9.17, 15) is 15.0 Å². The fraction of sp³-hybridized carbons (Fsp3) is 0.429. The molecule has 0 aliphatic carbocycles. The quantitative estimate of drug-likeness (QED) is 0.724. The molecule has 1 aromatic carbocycles. The van der Waals surface area contributed by atoms with Gasteiger partial charge in [0.05, 0.1) is 17.3 Å². The van der Waals surface area contributed by atoms with Gasteiger partial charge < -0.3 is 20.4 Å². The molecule has 0 bridgehead atoms. The molecule has 1 saturated heterocycles. The van der Waals surface area contributed by atoms with Crippen LogP contribution in [0.3, 0.4) is 0 Å². The minimum Gasteiger partial charge on any atom is -0.507 e. The summed E-state index contributed by atoms with van der Waals surface area (Å²) in [6, 6.07) is 6.90. The second-order valence-electron chi connectivity index (χ2n) is 7.70. The first-order chi connectivity index (χ1) is 14.0. The monoisotopic (exact) mass is 393 g/mol. The number of aliphatic carboxylic acids is 1. The lowest BCUT2D eigenvalue weighted by atomic mass is 9.95. The van der Waals surface area contributed by atoms with Crippen LogP contribution >= 0.6 is 0 Å². The highest BCUT2D eigenvalue weighted by Crippen LogP contribution is 2.35. The van der Waals surface area contributed by atoms with Gasteiger partial charge in [0.2, 0.25) is 0 Å². The molecular formula is C21H23N5O3. The molecule has 8 heteroatoms. The van der Waals surface area contributed by atoms with Gasteiger partial charge in [-0.25, -0.2) is 0 Å². The number of phenols is 1. The van der Waals surface area contributed by atoms with Crippen LogP contribution in [0.15, 0.2) is 18.2 Å². The van der Waals surface area contributed by atoms with Crippen molar-refractivity contribution in [3.05, 3.63) is 34.9 Å². The average Bonchev–Trinajstić information content (AvgIpc) is 2.72. The zero-order chi connectivity index (χ0) is 20.5. The van der Waals surface area contributed by atoms with E-state index in [1.165, 1.54) is 6.07 Å². The number of carbonyl (C=O) groups is 1. The first-order valence-electron chi connectivity index (χ1n) is 9.81. The van der Waals surface area contributed by atoms with Crippen LogP contribution in [0.25, 0.3) is 11.3 Å². The van der Waals surface area contributed by atoms with Crippen LogP contribution in [0.4, 0.5) is 5.82 Å². The molecule has 8 nitrogen and oxygen atoms in total. The van der Waals surface area contributed by atoms with Crippen molar-refractivity contribution in [1.82, 2.24) is 15.5 Å². The van der Waals surface area contributed by atoms with Crippen LogP contribution in [0.2, 0.25) is 0 Å². The number of anilines is 1. The Kier molecular flexibility index (Phi) is 5.07. The maximum Gasteiger partial charge on any atom is 0.320 e. The van der Waals surface area contributed by atoms with E-state index in [4.69, 9.17) is 5.26 Å². The zero-order valence-electron chi connectivity index (χ0n) is 16.2. The summed E-state index contributed by atoms with van der Waals surface area (Å²) in [7, 11) is 0. The first-order valence-corrected chi connectivity index (χ1v) is 9.81. The summed E-state index contributed by atoms with van der Waals surface area (Å²) < 4.78 is 0. The van der Waals surface area contributed by atoms with Gasteiger partial charge in [-0.2, -0.15) is 5.26 Å². The molecule has 1 fully saturated rings. The van der Waals surface area contributed by atoms with Crippen LogP contribution < -0.4 is 10.2 Å². The molecule has 2 aliphatic rings. The maximum absolute atomic E-state index is 11.2. The van der Waals surface area contributed by atoms with Gasteiger partial charge in [0, 0.05) is 24.7 Å². The van der Waals surface area contributed by atoms with Crippen molar-refractivity contribution in [2.45, 2.75) is 44.7 Å². The second kappa shape index (κ2) is 7.68. The summed E-state index contributed by atoms with van der Waals surface area (Å²) in [6.45, 7) is 3.32. The molecule has 1 aromatic heterocycles. The minimum atomic E-state index is -0.801. The van der Waals surface area contributed by atoms with E-state index >= 15 is 0 Å². The Bertz CT molecular complexity index is 969. The van der Waals surface area contributed by atoms with Gasteiger partial charge >= 0.3 is 5.97 Å². The number of phenolic OH excluding ortho intramolecular Hbond substituents is 1. The molecule has 150 valence electrons. The van der Waals surface area contributed by atoms with Crippen molar-refractivity contribution in [3.8, 4) is 23.1 Å². The molecule has 0 radical (unpaired) electrons. The lowest BCUT2D eigenvalue weighted by molar-refractivity contribution is -0.140. The van der Waals surface area contributed by atoms with E-state index in [-0.39, 0.29) is 11.8 Å². The van der Waals surface area contributed by atoms with E-state index in [0.717, 1.165) is 42.8 Å². The molecule has 0 unspecified atom stereocenters. The van der Waals surface area contributed by atoms with E-state index in [1.54, 1.807) is 6.07 Å². The lowest BCUT2D eigenvalue weighted by Crippen LogP contribution is -2.53. The number of nitrogens with zero attached hydrogens (tertiary/aromatic N) is 4. The Labute approximate surface area is 168 Å². The van der Waals surface area contributed by atoms with Crippen molar-refractivity contribution < 1.29 is 15.0 Å². The molecule has 0 amide bonds. The largest absolute Gasteiger partial charge is 0.507 e. The highest BCUT2D eigenvalue weighted by atomic mass is 16.4. The number of aryl methyl sites for hydroxylation is 2. The molecule has 0 spiro atoms. The summed E-state index contributed by atoms with van der Waals surface area (Å²) >= 11 is 0. The van der Waals surface area contributed by atoms with Crippen molar-refractivity contribution in [3.63, 3.8) is 0 Å². The summed E-state index contributed by atoms with van der Waals surface area (Å²) in [5, 5.41) is 40.6. The maximum atomic E-state index is 11.2. The SMILES string of the molecule is Cc1cc(C#N)cc(O)c1-c1cc2c(nn1)N([C@@H]1CC[C@@H](C(=O)O)NC1)CCC2. The summed E-state index contributed by atoms with van der Waals surface area (Å²) in [5.74, 6) is 0.0653. The Balaban J connectivity index is 1.62. The van der Waals surface area contributed by atoms with Gasteiger partial charge in [0.25, 0.3) is 0 Å².